The van der Waals surface area contributed by atoms with Crippen LogP contribution < -0.4 is 11.1 Å². The van der Waals surface area contributed by atoms with Crippen molar-refractivity contribution in [3.63, 3.8) is 0 Å². The minimum absolute atomic E-state index is 0. The topological polar surface area (TPSA) is 55.1 Å². The van der Waals surface area contributed by atoms with Gasteiger partial charge in [0.15, 0.2) is 0 Å². The number of carbonyl (C=O) groups is 1. The number of aryl methyl sites for hydroxylation is 1. The summed E-state index contributed by atoms with van der Waals surface area (Å²) in [6, 6.07) is 12.2. The van der Waals surface area contributed by atoms with Crippen molar-refractivity contribution >= 4 is 24.0 Å². The number of carbonyl (C=O) groups excluding carboxylic acids is 1. The monoisotopic (exact) mass is 362 g/mol. The van der Waals surface area contributed by atoms with E-state index in [-0.39, 0.29) is 30.2 Å². The van der Waals surface area contributed by atoms with E-state index in [0.29, 0.717) is 5.56 Å². The number of benzene rings is 2. The number of nitrogens with one attached hydrogen (secondary N) is 1. The van der Waals surface area contributed by atoms with Crippen LogP contribution >= 0.6 is 12.4 Å². The van der Waals surface area contributed by atoms with Crippen molar-refractivity contribution < 1.29 is 9.18 Å². The van der Waals surface area contributed by atoms with Gasteiger partial charge in [0.2, 0.25) is 5.91 Å². The highest BCUT2D eigenvalue weighted by atomic mass is 35.5. The number of nitrogens with two attached hydrogens (primary N) is 1. The minimum Gasteiger partial charge on any atom is -0.399 e. The summed E-state index contributed by atoms with van der Waals surface area (Å²) >= 11 is 0. The van der Waals surface area contributed by atoms with E-state index in [1.54, 1.807) is 32.0 Å². The van der Waals surface area contributed by atoms with Gasteiger partial charge < -0.3 is 11.1 Å². The lowest BCUT2D eigenvalue weighted by Crippen LogP contribution is -2.43. The molecule has 134 valence electrons. The third kappa shape index (κ3) is 3.79. The van der Waals surface area contributed by atoms with Crippen LogP contribution in [-0.4, -0.2) is 5.91 Å². The van der Waals surface area contributed by atoms with Crippen LogP contribution in [0.3, 0.4) is 0 Å². The SMILES string of the molecule is CC(C)(C(=O)NC1CCCc2cc(N)ccc21)c1ccccc1F.Cl. The molecule has 0 radical (unpaired) electrons. The molecule has 2 aromatic carbocycles. The molecule has 2 aromatic rings. The lowest BCUT2D eigenvalue weighted by Gasteiger charge is -2.31. The van der Waals surface area contributed by atoms with Gasteiger partial charge in [-0.25, -0.2) is 4.39 Å². The Morgan fingerprint density at radius 3 is 2.68 bits per heavy atom. The van der Waals surface area contributed by atoms with E-state index < -0.39 is 5.41 Å². The smallest absolute Gasteiger partial charge is 0.230 e. The molecule has 1 atom stereocenters. The summed E-state index contributed by atoms with van der Waals surface area (Å²) in [6.45, 7) is 3.51. The van der Waals surface area contributed by atoms with Gasteiger partial charge in [0, 0.05) is 11.3 Å². The van der Waals surface area contributed by atoms with Crippen molar-refractivity contribution in [2.24, 2.45) is 0 Å². The Kier molecular flexibility index (Phi) is 5.73. The fraction of sp³-hybridized carbons (Fsp3) is 0.350. The summed E-state index contributed by atoms with van der Waals surface area (Å²) in [5.74, 6) is -0.517. The van der Waals surface area contributed by atoms with Crippen LogP contribution in [0.4, 0.5) is 10.1 Å². The molecule has 5 heteroatoms. The summed E-state index contributed by atoms with van der Waals surface area (Å²) in [5, 5.41) is 3.11. The molecule has 3 N–H and O–H groups in total. The van der Waals surface area contributed by atoms with Crippen LogP contribution in [0.1, 0.15) is 49.4 Å². The largest absolute Gasteiger partial charge is 0.399 e. The molecule has 3 nitrogen and oxygen atoms in total. The second-order valence-electron chi connectivity index (χ2n) is 6.98. The Morgan fingerprint density at radius 2 is 1.96 bits per heavy atom. The van der Waals surface area contributed by atoms with Crippen molar-refractivity contribution in [3.8, 4) is 0 Å². The summed E-state index contributed by atoms with van der Waals surface area (Å²) in [5.41, 5.74) is 8.39. The molecule has 0 spiro atoms. The third-order valence-electron chi connectivity index (χ3n) is 4.90. The van der Waals surface area contributed by atoms with Crippen LogP contribution in [0.25, 0.3) is 0 Å². The highest BCUT2D eigenvalue weighted by Gasteiger charge is 2.34. The van der Waals surface area contributed by atoms with Gasteiger partial charge in [0.25, 0.3) is 0 Å². The number of fused-ring (bicyclic) bond motifs is 1. The number of hydrogen-bond acceptors (Lipinski definition) is 2. The first kappa shape index (κ1) is 19.3. The summed E-state index contributed by atoms with van der Waals surface area (Å²) < 4.78 is 14.1. The van der Waals surface area contributed by atoms with Crippen molar-refractivity contribution in [3.05, 3.63) is 65.0 Å². The van der Waals surface area contributed by atoms with Crippen LogP contribution in [-0.2, 0) is 16.6 Å². The van der Waals surface area contributed by atoms with Gasteiger partial charge in [-0.1, -0.05) is 24.3 Å². The maximum Gasteiger partial charge on any atom is 0.230 e. The second kappa shape index (κ2) is 7.44. The molecule has 0 saturated carbocycles. The van der Waals surface area contributed by atoms with E-state index in [0.717, 1.165) is 30.5 Å². The Balaban J connectivity index is 0.00000225. The second-order valence-corrected chi connectivity index (χ2v) is 6.98. The lowest BCUT2D eigenvalue weighted by atomic mass is 9.81. The molecular formula is C20H24ClFN2O. The minimum atomic E-state index is -0.934. The molecule has 0 saturated heterocycles. The van der Waals surface area contributed by atoms with E-state index in [1.807, 2.05) is 18.2 Å². The molecule has 0 fully saturated rings. The first-order valence-corrected chi connectivity index (χ1v) is 8.34. The van der Waals surface area contributed by atoms with Crippen molar-refractivity contribution in [2.75, 3.05) is 5.73 Å². The molecule has 1 amide bonds. The molecular weight excluding hydrogens is 339 g/mol. The number of anilines is 1. The molecule has 1 aliphatic carbocycles. The van der Waals surface area contributed by atoms with Gasteiger partial charge in [-0.2, -0.15) is 0 Å². The zero-order valence-corrected chi connectivity index (χ0v) is 15.3. The maximum absolute atomic E-state index is 14.1. The molecule has 3 rings (SSSR count). The zero-order chi connectivity index (χ0) is 17.3. The number of halogens is 2. The average Bonchev–Trinajstić information content (AvgIpc) is 2.55. The first-order valence-electron chi connectivity index (χ1n) is 8.34. The van der Waals surface area contributed by atoms with Crippen LogP contribution in [0.15, 0.2) is 42.5 Å². The van der Waals surface area contributed by atoms with E-state index in [1.165, 1.54) is 11.6 Å². The maximum atomic E-state index is 14.1. The molecule has 0 bridgehead atoms. The Morgan fingerprint density at radius 1 is 1.24 bits per heavy atom. The van der Waals surface area contributed by atoms with Crippen LogP contribution in [0.2, 0.25) is 0 Å². The van der Waals surface area contributed by atoms with Crippen molar-refractivity contribution in [2.45, 2.75) is 44.6 Å². The van der Waals surface area contributed by atoms with Crippen LogP contribution in [0, 0.1) is 5.82 Å². The van der Waals surface area contributed by atoms with Gasteiger partial charge in [0.05, 0.1) is 11.5 Å². The molecule has 0 heterocycles. The number of rotatable bonds is 3. The average molecular weight is 363 g/mol. The Hall–Kier alpha value is -2.07. The molecule has 0 aromatic heterocycles. The predicted octanol–water partition coefficient (Wildman–Crippen LogP) is 4.30. The number of nitrogen functional groups attached to an aromatic ring is 1. The van der Waals surface area contributed by atoms with E-state index in [9.17, 15) is 9.18 Å². The van der Waals surface area contributed by atoms with Gasteiger partial charge in [-0.3, -0.25) is 4.79 Å². The molecule has 0 aliphatic heterocycles. The molecule has 25 heavy (non-hydrogen) atoms. The fourth-order valence-electron chi connectivity index (χ4n) is 3.41. The highest BCUT2D eigenvalue weighted by Crippen LogP contribution is 2.33. The van der Waals surface area contributed by atoms with Crippen LogP contribution in [0.5, 0.6) is 0 Å². The van der Waals surface area contributed by atoms with E-state index in [2.05, 4.69) is 5.32 Å². The van der Waals surface area contributed by atoms with E-state index in [4.69, 9.17) is 5.73 Å². The van der Waals surface area contributed by atoms with Gasteiger partial charge in [0.1, 0.15) is 5.82 Å². The van der Waals surface area contributed by atoms with E-state index >= 15 is 0 Å². The summed E-state index contributed by atoms with van der Waals surface area (Å²) in [6.07, 6.45) is 2.86. The standard InChI is InChI=1S/C20H23FN2O.ClH/c1-20(2,16-7-3-4-8-17(16)21)19(24)23-18-9-5-6-13-12-14(22)10-11-15(13)18;/h3-4,7-8,10-12,18H,5-6,9,22H2,1-2H3,(H,23,24);1H. The summed E-state index contributed by atoms with van der Waals surface area (Å²) in [7, 11) is 0. The third-order valence-corrected chi connectivity index (χ3v) is 4.90. The molecule has 1 aliphatic rings. The Labute approximate surface area is 154 Å². The Bertz CT molecular complexity index is 776. The van der Waals surface area contributed by atoms with Crippen molar-refractivity contribution in [1.82, 2.24) is 5.32 Å². The summed E-state index contributed by atoms with van der Waals surface area (Å²) in [4.78, 5) is 12.9. The zero-order valence-electron chi connectivity index (χ0n) is 14.5. The van der Waals surface area contributed by atoms with Gasteiger partial charge >= 0.3 is 0 Å². The van der Waals surface area contributed by atoms with Gasteiger partial charge in [-0.15, -0.1) is 12.4 Å². The first-order chi connectivity index (χ1) is 11.4. The quantitative estimate of drug-likeness (QED) is 0.800. The van der Waals surface area contributed by atoms with Gasteiger partial charge in [-0.05, 0) is 62.4 Å². The fourth-order valence-corrected chi connectivity index (χ4v) is 3.41. The normalized spacial score (nSPS) is 16.5. The number of amides is 1. The van der Waals surface area contributed by atoms with Crippen molar-refractivity contribution in [1.29, 1.82) is 0 Å². The predicted molar refractivity (Wildman–Crippen MR) is 101 cm³/mol. The number of hydrogen-bond donors (Lipinski definition) is 2. The highest BCUT2D eigenvalue weighted by molar-refractivity contribution is 5.87. The lowest BCUT2D eigenvalue weighted by molar-refractivity contribution is -0.126. The molecule has 1 unspecified atom stereocenters.